The summed E-state index contributed by atoms with van der Waals surface area (Å²) in [5, 5.41) is 25.1. The summed E-state index contributed by atoms with van der Waals surface area (Å²) in [6, 6.07) is 19.4. The Morgan fingerprint density at radius 2 is 1.28 bits per heavy atom. The van der Waals surface area contributed by atoms with Crippen LogP contribution < -0.4 is 9.47 Å². The van der Waals surface area contributed by atoms with Gasteiger partial charge in [-0.05, 0) is 177 Å². The summed E-state index contributed by atoms with van der Waals surface area (Å²) in [7, 11) is 0. The molecule has 0 spiro atoms. The van der Waals surface area contributed by atoms with Crippen LogP contribution in [0.2, 0.25) is 5.02 Å². The van der Waals surface area contributed by atoms with Crippen molar-refractivity contribution in [3.05, 3.63) is 140 Å². The van der Waals surface area contributed by atoms with E-state index in [4.69, 9.17) is 40.5 Å². The van der Waals surface area contributed by atoms with Crippen LogP contribution in [0.25, 0.3) is 65.6 Å². The van der Waals surface area contributed by atoms with Gasteiger partial charge in [0.1, 0.15) is 29.2 Å². The van der Waals surface area contributed by atoms with Gasteiger partial charge >= 0.3 is 11.9 Å². The van der Waals surface area contributed by atoms with Gasteiger partial charge in [-0.1, -0.05) is 30.7 Å². The lowest BCUT2D eigenvalue weighted by Crippen LogP contribution is -2.28. The Morgan fingerprint density at radius 1 is 0.732 bits per heavy atom. The molecule has 0 aliphatic carbocycles. The monoisotopic (exact) mass is 978 g/mol. The lowest BCUT2D eigenvalue weighted by atomic mass is 9.82. The van der Waals surface area contributed by atoms with Crippen molar-refractivity contribution in [1.29, 1.82) is 0 Å². The maximum Gasteiger partial charge on any atom is 0.337 e. The van der Waals surface area contributed by atoms with Crippen LogP contribution in [0.3, 0.4) is 0 Å². The van der Waals surface area contributed by atoms with Crippen molar-refractivity contribution >= 4 is 66.9 Å². The molecule has 6 aromatic carbocycles. The van der Waals surface area contributed by atoms with E-state index in [1.807, 2.05) is 57.2 Å². The first-order chi connectivity index (χ1) is 33.6. The predicted octanol–water partition coefficient (Wildman–Crippen LogP) is 14.0. The molecule has 2 N–H and O–H groups in total. The molecule has 0 amide bonds. The lowest BCUT2D eigenvalue weighted by molar-refractivity contribution is -0.161. The van der Waals surface area contributed by atoms with Gasteiger partial charge in [0, 0.05) is 63.8 Å². The number of aromatic nitrogens is 2. The maximum atomic E-state index is 16.9. The smallest absolute Gasteiger partial charge is 0.337 e. The molecule has 13 heteroatoms. The average molecular weight is 980 g/mol. The Hall–Kier alpha value is -6.73. The molecule has 10 nitrogen and oxygen atoms in total. The van der Waals surface area contributed by atoms with Crippen LogP contribution in [-0.2, 0) is 38.3 Å². The number of carboxylic acids is 2. The fourth-order valence-electron chi connectivity index (χ4n) is 10.7. The molecule has 0 radical (unpaired) electrons. The van der Waals surface area contributed by atoms with Crippen LogP contribution >= 0.6 is 11.6 Å². The molecule has 71 heavy (non-hydrogen) atoms. The van der Waals surface area contributed by atoms with Gasteiger partial charge in [-0.3, -0.25) is 9.97 Å². The molecule has 0 bridgehead atoms. The minimum Gasteiger partial charge on any atom is -0.493 e. The highest BCUT2D eigenvalue weighted by molar-refractivity contribution is 6.33. The zero-order valence-corrected chi connectivity index (χ0v) is 41.7. The minimum absolute atomic E-state index is 0.155. The number of carboxylic acid groups (broad SMARTS) is 2. The van der Waals surface area contributed by atoms with Gasteiger partial charge in [-0.15, -0.1) is 0 Å². The Balaban J connectivity index is 1.20. The Bertz CT molecular complexity index is 3560. The van der Waals surface area contributed by atoms with Crippen LogP contribution in [0.5, 0.6) is 11.5 Å². The highest BCUT2D eigenvalue weighted by Crippen LogP contribution is 2.52. The van der Waals surface area contributed by atoms with Gasteiger partial charge in [0.05, 0.1) is 33.9 Å². The summed E-state index contributed by atoms with van der Waals surface area (Å²) in [5.74, 6) is -2.50. The number of aryl methyl sites for hydroxylation is 3. The first-order valence-corrected chi connectivity index (χ1v) is 24.1. The highest BCUT2D eigenvalue weighted by Gasteiger charge is 2.37. The molecule has 2 aromatic heterocycles. The van der Waals surface area contributed by atoms with Gasteiger partial charge in [0.25, 0.3) is 0 Å². The minimum atomic E-state index is -1.46. The normalized spacial score (nSPS) is 15.5. The molecule has 0 saturated heterocycles. The van der Waals surface area contributed by atoms with E-state index in [0.29, 0.717) is 119 Å². The molecule has 8 aromatic rings. The average Bonchev–Trinajstić information content (AvgIpc) is 3.30. The first-order valence-electron chi connectivity index (χ1n) is 23.8. The van der Waals surface area contributed by atoms with Crippen molar-refractivity contribution in [2.45, 2.75) is 111 Å². The summed E-state index contributed by atoms with van der Waals surface area (Å²) < 4.78 is 58.5. The molecular formula is C58H53ClF2N2O8. The first kappa shape index (κ1) is 47.9. The largest absolute Gasteiger partial charge is 0.493 e. The standard InChI is InChI=1S/C58H53ClF2N2O8/c1-10-29-23-32-21-27(2)43(53(55(64)65)70-57(4,5)6)47(35(32)25-38(29)60)33-12-14-41-46-31(16-19-63-52(33)46)24-42(69-41)49-36-22-28(3)44(54(56(66)67)71-58(7,8)9)48(37(36)26-39(61)50(49)59)34-11-13-40-45-30(17-20-68-40)15-18-62-51(34)45/h11-16,18-19,21-23,25-26,42,53-54H,10,17,20,24H2,1-9H3,(H,64,65)(H,66,67)/t42?,53-,54-/m0/s1. The third-order valence-electron chi connectivity index (χ3n) is 13.5. The summed E-state index contributed by atoms with van der Waals surface area (Å²) in [6.07, 6.45) is 0.956. The van der Waals surface area contributed by atoms with Gasteiger partial charge in [0.15, 0.2) is 12.2 Å². The second-order valence-corrected chi connectivity index (χ2v) is 21.0. The fourth-order valence-corrected chi connectivity index (χ4v) is 11.0. The number of halogens is 3. The predicted molar refractivity (Wildman–Crippen MR) is 272 cm³/mol. The maximum absolute atomic E-state index is 16.9. The van der Waals surface area contributed by atoms with Gasteiger partial charge in [0.2, 0.25) is 0 Å². The summed E-state index contributed by atoms with van der Waals surface area (Å²) >= 11 is 7.11. The molecule has 0 fully saturated rings. The molecule has 0 saturated carbocycles. The number of benzene rings is 6. The van der Waals surface area contributed by atoms with Crippen molar-refractivity contribution in [1.82, 2.24) is 9.97 Å². The number of ether oxygens (including phenoxy) is 4. The Kier molecular flexibility index (Phi) is 11.8. The number of hydrogen-bond acceptors (Lipinski definition) is 8. The highest BCUT2D eigenvalue weighted by atomic mass is 35.5. The van der Waals surface area contributed by atoms with Crippen LogP contribution in [0.4, 0.5) is 8.78 Å². The van der Waals surface area contributed by atoms with Crippen LogP contribution in [-0.4, -0.2) is 49.9 Å². The number of carbonyl (C=O) groups is 2. The summed E-state index contributed by atoms with van der Waals surface area (Å²) in [4.78, 5) is 36.3. The molecule has 2 aliphatic heterocycles. The molecule has 364 valence electrons. The van der Waals surface area contributed by atoms with Crippen LogP contribution in [0, 0.1) is 25.5 Å². The quantitative estimate of drug-likeness (QED) is 0.136. The molecule has 2 aliphatic rings. The van der Waals surface area contributed by atoms with E-state index >= 15 is 8.78 Å². The van der Waals surface area contributed by atoms with Crippen molar-refractivity contribution in [2.24, 2.45) is 0 Å². The number of hydrogen-bond donors (Lipinski definition) is 2. The van der Waals surface area contributed by atoms with E-state index in [1.54, 1.807) is 72.1 Å². The van der Waals surface area contributed by atoms with E-state index in [-0.39, 0.29) is 11.4 Å². The molecule has 10 rings (SSSR count). The van der Waals surface area contributed by atoms with Crippen molar-refractivity contribution < 1.29 is 47.5 Å². The Morgan fingerprint density at radius 3 is 1.87 bits per heavy atom. The molecular weight excluding hydrogens is 926 g/mol. The number of aliphatic carboxylic acids is 2. The van der Waals surface area contributed by atoms with Crippen LogP contribution in [0.15, 0.2) is 79.1 Å². The van der Waals surface area contributed by atoms with E-state index in [1.165, 1.54) is 12.1 Å². The second kappa shape index (κ2) is 17.5. The number of pyridine rings is 2. The Labute approximate surface area is 414 Å². The zero-order chi connectivity index (χ0) is 50.6. The van der Waals surface area contributed by atoms with Gasteiger partial charge in [-0.25, -0.2) is 18.4 Å². The number of rotatable bonds is 10. The van der Waals surface area contributed by atoms with Gasteiger partial charge in [-0.2, -0.15) is 0 Å². The topological polar surface area (TPSA) is 137 Å². The van der Waals surface area contributed by atoms with Crippen molar-refractivity contribution in [2.75, 3.05) is 6.61 Å². The third-order valence-corrected chi connectivity index (χ3v) is 13.9. The SMILES string of the molecule is CCc1cc2cc(C)c([C@H](OC(C)(C)C)C(=O)O)c(-c3ccc4c5c(ccnc35)CC(c3c(Cl)c(F)cc5c(-c6ccc7c8c(ccnc68)CCO7)c([C@H](OC(C)(C)C)C(=O)O)c(C)cc35)O4)c2cc1F. The molecule has 3 atom stereocenters. The van der Waals surface area contributed by atoms with E-state index in [2.05, 4.69) is 0 Å². The number of fused-ring (bicyclic) bond motifs is 2. The van der Waals surface area contributed by atoms with E-state index < -0.39 is 53.1 Å². The fraction of sp³-hybridized carbons (Fsp3) is 0.310. The van der Waals surface area contributed by atoms with Crippen molar-refractivity contribution in [3.63, 3.8) is 0 Å². The summed E-state index contributed by atoms with van der Waals surface area (Å²) in [5.41, 5.74) is 5.98. The number of nitrogens with zero attached hydrogens (tertiary/aromatic N) is 2. The van der Waals surface area contributed by atoms with Crippen LogP contribution in [0.1, 0.15) is 111 Å². The third kappa shape index (κ3) is 8.29. The van der Waals surface area contributed by atoms with Crippen molar-refractivity contribution in [3.8, 4) is 33.8 Å². The van der Waals surface area contributed by atoms with E-state index in [0.717, 1.165) is 21.9 Å². The second-order valence-electron chi connectivity index (χ2n) is 20.6. The molecule has 1 unspecified atom stereocenters. The zero-order valence-electron chi connectivity index (χ0n) is 40.9. The lowest BCUT2D eigenvalue weighted by Gasteiger charge is -2.32. The summed E-state index contributed by atoms with van der Waals surface area (Å²) in [6.45, 7) is 16.7. The molecule has 4 heterocycles. The van der Waals surface area contributed by atoms with E-state index in [9.17, 15) is 19.8 Å². The van der Waals surface area contributed by atoms with Gasteiger partial charge < -0.3 is 29.2 Å².